The third-order valence-electron chi connectivity index (χ3n) is 1.43. The second-order valence-electron chi connectivity index (χ2n) is 2.55. The molecule has 0 bridgehead atoms. The zero-order valence-electron chi connectivity index (χ0n) is 6.60. The summed E-state index contributed by atoms with van der Waals surface area (Å²) < 4.78 is 4.62. The highest BCUT2D eigenvalue weighted by Crippen LogP contribution is 2.10. The fourth-order valence-corrected chi connectivity index (χ4v) is 0.732. The predicted molar refractivity (Wildman–Crippen MR) is 41.0 cm³/mol. The van der Waals surface area contributed by atoms with E-state index in [4.69, 9.17) is 10.2 Å². The number of hydrogen-bond acceptors (Lipinski definition) is 4. The lowest BCUT2D eigenvalue weighted by Gasteiger charge is -2.08. The highest BCUT2D eigenvalue weighted by molar-refractivity contribution is 5.86. The van der Waals surface area contributed by atoms with E-state index < -0.39 is 18.2 Å². The van der Waals surface area contributed by atoms with Crippen molar-refractivity contribution >= 4 is 5.97 Å². The van der Waals surface area contributed by atoms with Crippen molar-refractivity contribution in [3.63, 3.8) is 0 Å². The smallest absolute Gasteiger partial charge is 0.336 e. The Morgan fingerprint density at radius 2 is 2.17 bits per heavy atom. The topological polar surface area (TPSA) is 66.8 Å². The number of hydrogen-bond donors (Lipinski definition) is 2. The average Bonchev–Trinajstić information content (AvgIpc) is 2.35. The van der Waals surface area contributed by atoms with Gasteiger partial charge in [0.05, 0.1) is 6.10 Å². The molecule has 0 fully saturated rings. The largest absolute Gasteiger partial charge is 0.424 e. The van der Waals surface area contributed by atoms with Gasteiger partial charge in [-0.15, -0.1) is 0 Å². The van der Waals surface area contributed by atoms with Gasteiger partial charge in [-0.05, 0) is 19.1 Å². The van der Waals surface area contributed by atoms with Crippen LogP contribution in [0.1, 0.15) is 6.92 Å². The third-order valence-corrected chi connectivity index (χ3v) is 1.43. The maximum absolute atomic E-state index is 10.5. The molecule has 0 spiro atoms. The summed E-state index contributed by atoms with van der Waals surface area (Å²) in [5.41, 5.74) is 0. The summed E-state index contributed by atoms with van der Waals surface area (Å²) in [7, 11) is 0. The van der Waals surface area contributed by atoms with Crippen LogP contribution in [0, 0.1) is 0 Å². The second-order valence-corrected chi connectivity index (χ2v) is 2.55. The van der Waals surface area contributed by atoms with Gasteiger partial charge in [0.15, 0.2) is 0 Å². The summed E-state index contributed by atoms with van der Waals surface area (Å²) in [4.78, 5) is 10.5. The molecule has 0 aromatic rings. The number of esters is 1. The van der Waals surface area contributed by atoms with E-state index in [0.717, 1.165) is 0 Å². The van der Waals surface area contributed by atoms with E-state index in [0.29, 0.717) is 0 Å². The second kappa shape index (κ2) is 3.51. The van der Waals surface area contributed by atoms with Crippen LogP contribution in [0.15, 0.2) is 24.0 Å². The lowest BCUT2D eigenvalue weighted by molar-refractivity contribution is -0.132. The summed E-state index contributed by atoms with van der Waals surface area (Å²) in [5.74, 6) is -0.188. The lowest BCUT2D eigenvalue weighted by Crippen LogP contribution is -2.20. The van der Waals surface area contributed by atoms with Crippen molar-refractivity contribution in [2.45, 2.75) is 19.1 Å². The Hall–Kier alpha value is -1.13. The molecule has 12 heavy (non-hydrogen) atoms. The maximum atomic E-state index is 10.5. The SMILES string of the molecule is C[C@H](O)[C@H](O)/C=C1\C=CC(=O)O1. The van der Waals surface area contributed by atoms with E-state index in [1.165, 1.54) is 25.2 Å². The minimum Gasteiger partial charge on any atom is -0.424 e. The number of allylic oxidation sites excluding steroid dienone is 1. The van der Waals surface area contributed by atoms with Crippen molar-refractivity contribution in [2.24, 2.45) is 0 Å². The molecule has 0 aromatic carbocycles. The zero-order chi connectivity index (χ0) is 9.14. The van der Waals surface area contributed by atoms with Gasteiger partial charge in [0, 0.05) is 6.08 Å². The molecule has 0 saturated carbocycles. The van der Waals surface area contributed by atoms with Crippen LogP contribution in [0.25, 0.3) is 0 Å². The number of carbonyl (C=O) groups excluding carboxylic acids is 1. The van der Waals surface area contributed by atoms with Gasteiger partial charge in [0.1, 0.15) is 11.9 Å². The van der Waals surface area contributed by atoms with Crippen molar-refractivity contribution < 1.29 is 19.7 Å². The first-order valence-electron chi connectivity index (χ1n) is 3.57. The van der Waals surface area contributed by atoms with Crippen LogP contribution in [0.2, 0.25) is 0 Å². The van der Waals surface area contributed by atoms with Crippen LogP contribution >= 0.6 is 0 Å². The number of aliphatic hydroxyl groups is 2. The Labute approximate surface area is 69.8 Å². The number of carbonyl (C=O) groups is 1. The van der Waals surface area contributed by atoms with E-state index in [9.17, 15) is 4.79 Å². The molecule has 0 radical (unpaired) electrons. The van der Waals surface area contributed by atoms with Gasteiger partial charge in [-0.25, -0.2) is 4.79 Å². The maximum Gasteiger partial charge on any atom is 0.336 e. The summed E-state index contributed by atoms with van der Waals surface area (Å²) in [6, 6.07) is 0. The normalized spacial score (nSPS) is 24.2. The van der Waals surface area contributed by atoms with Crippen LogP contribution in [0.4, 0.5) is 0 Å². The number of ether oxygens (including phenoxy) is 1. The van der Waals surface area contributed by atoms with Crippen molar-refractivity contribution in [3.8, 4) is 0 Å². The van der Waals surface area contributed by atoms with Gasteiger partial charge in [-0.1, -0.05) is 0 Å². The molecule has 1 heterocycles. The molecule has 2 atom stereocenters. The molecule has 4 nitrogen and oxygen atoms in total. The van der Waals surface area contributed by atoms with Gasteiger partial charge in [-0.3, -0.25) is 0 Å². The first-order chi connectivity index (χ1) is 5.59. The Morgan fingerprint density at radius 1 is 1.50 bits per heavy atom. The molecule has 1 aliphatic heterocycles. The van der Waals surface area contributed by atoms with E-state index in [1.54, 1.807) is 0 Å². The highest BCUT2D eigenvalue weighted by atomic mass is 16.5. The Morgan fingerprint density at radius 3 is 2.58 bits per heavy atom. The number of aliphatic hydroxyl groups excluding tert-OH is 2. The van der Waals surface area contributed by atoms with Gasteiger partial charge >= 0.3 is 5.97 Å². The standard InChI is InChI=1S/C8H10O4/c1-5(9)7(10)4-6-2-3-8(11)12-6/h2-5,7,9-10H,1H3/b6-4+/t5-,7+/m0/s1. The van der Waals surface area contributed by atoms with Crippen molar-refractivity contribution in [2.75, 3.05) is 0 Å². The first-order valence-corrected chi connectivity index (χ1v) is 3.57. The van der Waals surface area contributed by atoms with Gasteiger partial charge in [0.25, 0.3) is 0 Å². The van der Waals surface area contributed by atoms with Gasteiger partial charge < -0.3 is 14.9 Å². The average molecular weight is 170 g/mol. The van der Waals surface area contributed by atoms with E-state index in [2.05, 4.69) is 4.74 Å². The zero-order valence-corrected chi connectivity index (χ0v) is 6.60. The fourth-order valence-electron chi connectivity index (χ4n) is 0.732. The summed E-state index contributed by atoms with van der Waals surface area (Å²) in [6.45, 7) is 1.45. The molecule has 1 aliphatic rings. The van der Waals surface area contributed by atoms with E-state index in [-0.39, 0.29) is 5.76 Å². The summed E-state index contributed by atoms with van der Waals surface area (Å²) >= 11 is 0. The fraction of sp³-hybridized carbons (Fsp3) is 0.375. The molecule has 0 aromatic heterocycles. The van der Waals surface area contributed by atoms with Crippen LogP contribution < -0.4 is 0 Å². The van der Waals surface area contributed by atoms with Crippen molar-refractivity contribution in [3.05, 3.63) is 24.0 Å². The summed E-state index contributed by atoms with van der Waals surface area (Å²) in [5, 5.41) is 18.0. The van der Waals surface area contributed by atoms with Crippen LogP contribution in [-0.4, -0.2) is 28.4 Å². The third kappa shape index (κ3) is 2.18. The van der Waals surface area contributed by atoms with E-state index >= 15 is 0 Å². The van der Waals surface area contributed by atoms with Crippen molar-refractivity contribution in [1.29, 1.82) is 0 Å². The highest BCUT2D eigenvalue weighted by Gasteiger charge is 2.13. The molecule has 0 amide bonds. The van der Waals surface area contributed by atoms with Gasteiger partial charge in [0.2, 0.25) is 0 Å². The Kier molecular flexibility index (Phi) is 2.62. The molecular weight excluding hydrogens is 160 g/mol. The van der Waals surface area contributed by atoms with Crippen LogP contribution in [0.3, 0.4) is 0 Å². The molecule has 0 unspecified atom stereocenters. The predicted octanol–water partition coefficient (Wildman–Crippen LogP) is -0.275. The molecule has 0 aliphatic carbocycles. The molecule has 4 heteroatoms. The Bertz CT molecular complexity index is 239. The molecule has 66 valence electrons. The number of cyclic esters (lactones) is 1. The lowest BCUT2D eigenvalue weighted by atomic mass is 10.2. The minimum absolute atomic E-state index is 0.272. The monoisotopic (exact) mass is 170 g/mol. The molecule has 1 rings (SSSR count). The van der Waals surface area contributed by atoms with Crippen LogP contribution in [-0.2, 0) is 9.53 Å². The summed E-state index contributed by atoms with van der Waals surface area (Å²) in [6.07, 6.45) is 2.10. The molecule has 2 N–H and O–H groups in total. The first kappa shape index (κ1) is 8.96. The number of rotatable bonds is 2. The molecule has 0 saturated heterocycles. The van der Waals surface area contributed by atoms with Crippen molar-refractivity contribution in [1.82, 2.24) is 0 Å². The van der Waals surface area contributed by atoms with Gasteiger partial charge in [-0.2, -0.15) is 0 Å². The van der Waals surface area contributed by atoms with E-state index in [1.807, 2.05) is 0 Å². The molecular formula is C8H10O4. The van der Waals surface area contributed by atoms with Crippen LogP contribution in [0.5, 0.6) is 0 Å². The Balaban J connectivity index is 2.59. The quantitative estimate of drug-likeness (QED) is 0.559. The minimum atomic E-state index is -1.00.